The van der Waals surface area contributed by atoms with Gasteiger partial charge >= 0.3 is 0 Å². The summed E-state index contributed by atoms with van der Waals surface area (Å²) >= 11 is 7.58. The molecular weight excluding hydrogens is 424 g/mol. The van der Waals surface area contributed by atoms with Gasteiger partial charge in [0.2, 0.25) is 5.76 Å². The lowest BCUT2D eigenvalue weighted by Crippen LogP contribution is -2.29. The standard InChI is InChI=1S/C22H15ClN2O4S/c1-11-8-16-14(10-15(11)23)19(26)17-18(12-4-3-5-13(9-12)28-2)25(21(27)20(17)29-16)22-24-6-7-30-22/h3-10,18H,1-2H3. The molecule has 0 spiro atoms. The van der Waals surface area contributed by atoms with Crippen molar-refractivity contribution >= 4 is 44.9 Å². The van der Waals surface area contributed by atoms with Crippen LogP contribution in [0.4, 0.5) is 5.13 Å². The minimum Gasteiger partial charge on any atom is -0.497 e. The first-order valence-electron chi connectivity index (χ1n) is 9.13. The van der Waals surface area contributed by atoms with E-state index in [1.807, 2.05) is 19.1 Å². The average Bonchev–Trinajstić information content (AvgIpc) is 3.36. The molecule has 0 N–H and O–H groups in total. The third-order valence-electron chi connectivity index (χ3n) is 5.19. The number of nitrogens with zero attached hydrogens (tertiary/aromatic N) is 2. The third kappa shape index (κ3) is 2.74. The van der Waals surface area contributed by atoms with Crippen molar-refractivity contribution in [3.05, 3.63) is 85.7 Å². The van der Waals surface area contributed by atoms with Crippen LogP contribution in [0.15, 0.2) is 57.2 Å². The number of amides is 1. The molecule has 1 atom stereocenters. The number of fused-ring (bicyclic) bond motifs is 2. The molecule has 1 amide bonds. The molecule has 0 saturated carbocycles. The Kier molecular flexibility index (Phi) is 4.38. The third-order valence-corrected chi connectivity index (χ3v) is 6.36. The highest BCUT2D eigenvalue weighted by atomic mass is 35.5. The maximum Gasteiger partial charge on any atom is 0.297 e. The van der Waals surface area contributed by atoms with Crippen LogP contribution in [0.5, 0.6) is 5.75 Å². The number of benzene rings is 2. The summed E-state index contributed by atoms with van der Waals surface area (Å²) in [4.78, 5) is 32.7. The van der Waals surface area contributed by atoms with E-state index in [1.54, 1.807) is 43.0 Å². The molecule has 0 fully saturated rings. The Balaban J connectivity index is 1.84. The normalized spacial score (nSPS) is 15.6. The van der Waals surface area contributed by atoms with Gasteiger partial charge in [0.05, 0.1) is 24.1 Å². The van der Waals surface area contributed by atoms with E-state index >= 15 is 0 Å². The molecule has 0 radical (unpaired) electrons. The Morgan fingerprint density at radius 1 is 1.23 bits per heavy atom. The summed E-state index contributed by atoms with van der Waals surface area (Å²) in [7, 11) is 1.57. The van der Waals surface area contributed by atoms with E-state index in [0.29, 0.717) is 26.9 Å². The number of carbonyl (C=O) groups is 1. The van der Waals surface area contributed by atoms with Crippen LogP contribution in [0.2, 0.25) is 5.02 Å². The van der Waals surface area contributed by atoms with Crippen molar-refractivity contribution in [1.82, 2.24) is 4.98 Å². The van der Waals surface area contributed by atoms with E-state index in [4.69, 9.17) is 20.8 Å². The quantitative estimate of drug-likeness (QED) is 0.451. The van der Waals surface area contributed by atoms with Gasteiger partial charge in [-0.3, -0.25) is 14.5 Å². The molecule has 1 aliphatic rings. The van der Waals surface area contributed by atoms with Gasteiger partial charge in [0.25, 0.3) is 5.91 Å². The van der Waals surface area contributed by atoms with Gasteiger partial charge in [-0.05, 0) is 42.3 Å². The van der Waals surface area contributed by atoms with E-state index < -0.39 is 11.9 Å². The topological polar surface area (TPSA) is 72.6 Å². The van der Waals surface area contributed by atoms with Gasteiger partial charge in [-0.1, -0.05) is 23.7 Å². The summed E-state index contributed by atoms with van der Waals surface area (Å²) in [6, 6.07) is 9.87. The van der Waals surface area contributed by atoms with Gasteiger partial charge in [-0.2, -0.15) is 0 Å². The molecule has 0 aliphatic carbocycles. The first-order valence-corrected chi connectivity index (χ1v) is 10.4. The maximum absolute atomic E-state index is 13.5. The van der Waals surface area contributed by atoms with Crippen molar-refractivity contribution < 1.29 is 13.9 Å². The highest BCUT2D eigenvalue weighted by molar-refractivity contribution is 7.13. The van der Waals surface area contributed by atoms with Gasteiger partial charge in [0.1, 0.15) is 11.3 Å². The van der Waals surface area contributed by atoms with Crippen molar-refractivity contribution in [2.24, 2.45) is 0 Å². The van der Waals surface area contributed by atoms with E-state index in [9.17, 15) is 9.59 Å². The zero-order valence-corrected chi connectivity index (χ0v) is 17.6. The number of thiazole rings is 1. The van der Waals surface area contributed by atoms with Crippen LogP contribution in [-0.2, 0) is 0 Å². The molecule has 150 valence electrons. The number of ether oxygens (including phenoxy) is 1. The maximum atomic E-state index is 13.5. The lowest BCUT2D eigenvalue weighted by atomic mass is 9.98. The lowest BCUT2D eigenvalue weighted by Gasteiger charge is -2.22. The number of halogens is 1. The Bertz CT molecular complexity index is 1360. The summed E-state index contributed by atoms with van der Waals surface area (Å²) in [5.74, 6) is 0.243. The molecule has 5 rings (SSSR count). The van der Waals surface area contributed by atoms with Crippen molar-refractivity contribution in [3.63, 3.8) is 0 Å². The fraction of sp³-hybridized carbons (Fsp3) is 0.136. The summed E-state index contributed by atoms with van der Waals surface area (Å²) in [5.41, 5.74) is 1.81. The molecule has 2 aromatic carbocycles. The van der Waals surface area contributed by atoms with Gasteiger partial charge in [0.15, 0.2) is 10.6 Å². The van der Waals surface area contributed by atoms with E-state index in [-0.39, 0.29) is 16.8 Å². The minimum absolute atomic E-state index is 0.0252. The number of carbonyl (C=O) groups excluding carboxylic acids is 1. The second-order valence-corrected chi connectivity index (χ2v) is 8.22. The predicted molar refractivity (Wildman–Crippen MR) is 116 cm³/mol. The Hall–Kier alpha value is -3.16. The van der Waals surface area contributed by atoms with E-state index in [2.05, 4.69) is 4.98 Å². The number of methoxy groups -OCH3 is 1. The number of hydrogen-bond acceptors (Lipinski definition) is 6. The highest BCUT2D eigenvalue weighted by Crippen LogP contribution is 2.42. The van der Waals surface area contributed by atoms with Gasteiger partial charge in [0, 0.05) is 16.6 Å². The molecule has 8 heteroatoms. The average molecular weight is 439 g/mol. The fourth-order valence-electron chi connectivity index (χ4n) is 3.75. The molecule has 4 aromatic rings. The van der Waals surface area contributed by atoms with Crippen LogP contribution in [0.25, 0.3) is 11.0 Å². The van der Waals surface area contributed by atoms with Crippen LogP contribution in [-0.4, -0.2) is 18.0 Å². The van der Waals surface area contributed by atoms with Crippen molar-refractivity contribution in [3.8, 4) is 5.75 Å². The molecule has 0 saturated heterocycles. The first kappa shape index (κ1) is 18.8. The van der Waals surface area contributed by atoms with E-state index in [0.717, 1.165) is 11.1 Å². The van der Waals surface area contributed by atoms with E-state index in [1.165, 1.54) is 16.2 Å². The molecule has 3 heterocycles. The Labute approximate surface area is 180 Å². The SMILES string of the molecule is COc1cccc(C2c3c(oc4cc(C)c(Cl)cc4c3=O)C(=O)N2c2nccs2)c1. The van der Waals surface area contributed by atoms with Gasteiger partial charge in [-0.25, -0.2) is 4.98 Å². The van der Waals surface area contributed by atoms with Crippen LogP contribution < -0.4 is 15.1 Å². The Morgan fingerprint density at radius 3 is 2.80 bits per heavy atom. The lowest BCUT2D eigenvalue weighted by molar-refractivity contribution is 0.0971. The smallest absolute Gasteiger partial charge is 0.297 e. The molecule has 6 nitrogen and oxygen atoms in total. The number of anilines is 1. The van der Waals surface area contributed by atoms with Crippen molar-refractivity contribution in [1.29, 1.82) is 0 Å². The van der Waals surface area contributed by atoms with Gasteiger partial charge < -0.3 is 9.15 Å². The zero-order valence-electron chi connectivity index (χ0n) is 16.0. The first-order chi connectivity index (χ1) is 14.5. The predicted octanol–water partition coefficient (Wildman–Crippen LogP) is 4.97. The molecule has 1 unspecified atom stereocenters. The number of rotatable bonds is 3. The van der Waals surface area contributed by atoms with Crippen LogP contribution in [0, 0.1) is 6.92 Å². The molecule has 2 aromatic heterocycles. The fourth-order valence-corrected chi connectivity index (χ4v) is 4.58. The largest absolute Gasteiger partial charge is 0.497 e. The summed E-state index contributed by atoms with van der Waals surface area (Å²) in [6.07, 6.45) is 1.62. The molecule has 1 aliphatic heterocycles. The number of hydrogen-bond donors (Lipinski definition) is 0. The summed E-state index contributed by atoms with van der Waals surface area (Å²) in [5, 5.41) is 3.07. The van der Waals surface area contributed by atoms with Crippen LogP contribution in [0.3, 0.4) is 0 Å². The minimum atomic E-state index is -0.686. The monoisotopic (exact) mass is 438 g/mol. The summed E-state index contributed by atoms with van der Waals surface area (Å²) in [6.45, 7) is 1.82. The van der Waals surface area contributed by atoms with Crippen molar-refractivity contribution in [2.75, 3.05) is 12.0 Å². The number of aromatic nitrogens is 1. The number of aryl methyl sites for hydroxylation is 1. The molecular formula is C22H15ClN2O4S. The van der Waals surface area contributed by atoms with Crippen LogP contribution in [0.1, 0.15) is 33.3 Å². The molecule has 30 heavy (non-hydrogen) atoms. The van der Waals surface area contributed by atoms with Crippen molar-refractivity contribution in [2.45, 2.75) is 13.0 Å². The summed E-state index contributed by atoms with van der Waals surface area (Å²) < 4.78 is 11.3. The van der Waals surface area contributed by atoms with Crippen LogP contribution >= 0.6 is 22.9 Å². The zero-order chi connectivity index (χ0) is 21.0. The second kappa shape index (κ2) is 6.97. The highest BCUT2D eigenvalue weighted by Gasteiger charge is 2.44. The Morgan fingerprint density at radius 2 is 2.07 bits per heavy atom. The second-order valence-electron chi connectivity index (χ2n) is 6.94. The molecule has 0 bridgehead atoms. The van der Waals surface area contributed by atoms with Gasteiger partial charge in [-0.15, -0.1) is 11.3 Å².